The molecule has 0 saturated carbocycles. The average molecular weight is 356 g/mol. The highest BCUT2D eigenvalue weighted by atomic mass is 79.9. The molecular weight excluding hydrogens is 340 g/mol. The number of rotatable bonds is 6. The van der Waals surface area contributed by atoms with Gasteiger partial charge in [-0.25, -0.2) is 4.98 Å². The van der Waals surface area contributed by atoms with Crippen molar-refractivity contribution < 1.29 is 4.74 Å². The van der Waals surface area contributed by atoms with Gasteiger partial charge in [0.2, 0.25) is 5.88 Å². The molecule has 0 radical (unpaired) electrons. The summed E-state index contributed by atoms with van der Waals surface area (Å²) in [6.45, 7) is 3.97. The first-order valence-corrected chi connectivity index (χ1v) is 7.64. The smallest absolute Gasteiger partial charge is 0.219 e. The lowest BCUT2D eigenvalue weighted by Gasteiger charge is -2.08. The molecule has 0 atom stereocenters. The van der Waals surface area contributed by atoms with Gasteiger partial charge in [0.15, 0.2) is 0 Å². The van der Waals surface area contributed by atoms with Gasteiger partial charge in [0.25, 0.3) is 0 Å². The predicted molar refractivity (Wildman–Crippen MR) is 85.5 cm³/mol. The van der Waals surface area contributed by atoms with Crippen LogP contribution in [0.25, 0.3) is 0 Å². The molecule has 0 aliphatic heterocycles. The zero-order valence-electron chi connectivity index (χ0n) is 11.2. The fourth-order valence-corrected chi connectivity index (χ4v) is 2.15. The van der Waals surface area contributed by atoms with Gasteiger partial charge in [0, 0.05) is 23.3 Å². The molecule has 0 spiro atoms. The van der Waals surface area contributed by atoms with Crippen LogP contribution in [0.15, 0.2) is 41.0 Å². The summed E-state index contributed by atoms with van der Waals surface area (Å²) in [5.41, 5.74) is 1.13. The molecule has 0 aliphatic carbocycles. The van der Waals surface area contributed by atoms with Gasteiger partial charge < -0.3 is 10.1 Å². The van der Waals surface area contributed by atoms with Crippen molar-refractivity contribution >= 4 is 27.5 Å². The molecule has 106 valence electrons. The molecule has 2 aromatic rings. The van der Waals surface area contributed by atoms with E-state index in [2.05, 4.69) is 33.2 Å². The summed E-state index contributed by atoms with van der Waals surface area (Å²) in [7, 11) is 0. The highest BCUT2D eigenvalue weighted by Gasteiger charge is 2.05. The SMILES string of the molecule is CCCNCc1ccc(Oc2cc(Br)ccc2Cl)nc1. The molecule has 0 amide bonds. The minimum absolute atomic E-state index is 0.532. The molecule has 5 heteroatoms. The standard InChI is InChI=1S/C15H16BrClN2O/c1-2-7-18-9-11-3-6-15(19-10-11)20-14-8-12(16)4-5-13(14)17/h3-6,8,10,18H,2,7,9H2,1H3. The maximum atomic E-state index is 6.08. The first-order valence-electron chi connectivity index (χ1n) is 6.47. The minimum atomic E-state index is 0.532. The predicted octanol–water partition coefficient (Wildman–Crippen LogP) is 4.79. The quantitative estimate of drug-likeness (QED) is 0.757. The molecular formula is C15H16BrClN2O. The Balaban J connectivity index is 2.01. The molecule has 0 bridgehead atoms. The number of halogens is 2. The van der Waals surface area contributed by atoms with Crippen molar-refractivity contribution in [3.05, 3.63) is 51.6 Å². The van der Waals surface area contributed by atoms with E-state index in [4.69, 9.17) is 16.3 Å². The molecule has 3 nitrogen and oxygen atoms in total. The first-order chi connectivity index (χ1) is 9.69. The topological polar surface area (TPSA) is 34.1 Å². The van der Waals surface area contributed by atoms with Crippen LogP contribution in [0.2, 0.25) is 5.02 Å². The van der Waals surface area contributed by atoms with Crippen LogP contribution in [0.5, 0.6) is 11.6 Å². The summed E-state index contributed by atoms with van der Waals surface area (Å²) in [4.78, 5) is 4.29. The molecule has 2 rings (SSSR count). The molecule has 20 heavy (non-hydrogen) atoms. The lowest BCUT2D eigenvalue weighted by Crippen LogP contribution is -2.13. The maximum Gasteiger partial charge on any atom is 0.219 e. The Hall–Kier alpha value is -1.10. The summed E-state index contributed by atoms with van der Waals surface area (Å²) in [6.07, 6.45) is 2.93. The highest BCUT2D eigenvalue weighted by Crippen LogP contribution is 2.31. The van der Waals surface area contributed by atoms with Crippen LogP contribution < -0.4 is 10.1 Å². The van der Waals surface area contributed by atoms with Crippen LogP contribution >= 0.6 is 27.5 Å². The van der Waals surface area contributed by atoms with Crippen molar-refractivity contribution in [2.75, 3.05) is 6.54 Å². The Labute approximate surface area is 132 Å². The number of nitrogens with zero attached hydrogens (tertiary/aromatic N) is 1. The van der Waals surface area contributed by atoms with Crippen molar-refractivity contribution in [1.29, 1.82) is 0 Å². The third-order valence-corrected chi connectivity index (χ3v) is 3.47. The fourth-order valence-electron chi connectivity index (χ4n) is 1.65. The summed E-state index contributed by atoms with van der Waals surface area (Å²) < 4.78 is 6.59. The van der Waals surface area contributed by atoms with Gasteiger partial charge in [-0.15, -0.1) is 0 Å². The van der Waals surface area contributed by atoms with E-state index in [1.165, 1.54) is 0 Å². The second-order valence-electron chi connectivity index (χ2n) is 4.36. The van der Waals surface area contributed by atoms with Gasteiger partial charge in [0.05, 0.1) is 5.02 Å². The number of hydrogen-bond donors (Lipinski definition) is 1. The maximum absolute atomic E-state index is 6.08. The van der Waals surface area contributed by atoms with E-state index in [0.717, 1.165) is 29.5 Å². The Morgan fingerprint density at radius 1 is 1.30 bits per heavy atom. The number of aromatic nitrogens is 1. The van der Waals surface area contributed by atoms with E-state index in [-0.39, 0.29) is 0 Å². The Kier molecular flexibility index (Phi) is 5.83. The van der Waals surface area contributed by atoms with Crippen LogP contribution in [-0.2, 0) is 6.54 Å². The van der Waals surface area contributed by atoms with E-state index in [1.54, 1.807) is 6.07 Å². The monoisotopic (exact) mass is 354 g/mol. The molecule has 0 fully saturated rings. The van der Waals surface area contributed by atoms with Gasteiger partial charge in [-0.2, -0.15) is 0 Å². The lowest BCUT2D eigenvalue weighted by atomic mass is 10.3. The molecule has 1 aromatic carbocycles. The van der Waals surface area contributed by atoms with Crippen molar-refractivity contribution in [3.8, 4) is 11.6 Å². The van der Waals surface area contributed by atoms with Gasteiger partial charge in [-0.3, -0.25) is 0 Å². The molecule has 0 saturated heterocycles. The summed E-state index contributed by atoms with van der Waals surface area (Å²) in [5, 5.41) is 3.89. The summed E-state index contributed by atoms with van der Waals surface area (Å²) in [5.74, 6) is 1.12. The number of hydrogen-bond acceptors (Lipinski definition) is 3. The van der Waals surface area contributed by atoms with Crippen LogP contribution in [0.4, 0.5) is 0 Å². The average Bonchev–Trinajstić information content (AvgIpc) is 2.45. The van der Waals surface area contributed by atoms with Gasteiger partial charge in [-0.05, 0) is 36.7 Å². The lowest BCUT2D eigenvalue weighted by molar-refractivity contribution is 0.462. The van der Waals surface area contributed by atoms with Crippen molar-refractivity contribution in [1.82, 2.24) is 10.3 Å². The number of ether oxygens (including phenoxy) is 1. The van der Waals surface area contributed by atoms with Crippen LogP contribution in [-0.4, -0.2) is 11.5 Å². The number of nitrogens with one attached hydrogen (secondary N) is 1. The van der Waals surface area contributed by atoms with Crippen molar-refractivity contribution in [2.45, 2.75) is 19.9 Å². The van der Waals surface area contributed by atoms with E-state index in [1.807, 2.05) is 30.5 Å². The Morgan fingerprint density at radius 3 is 2.85 bits per heavy atom. The van der Waals surface area contributed by atoms with Crippen molar-refractivity contribution in [3.63, 3.8) is 0 Å². The summed E-state index contributed by atoms with van der Waals surface area (Å²) in [6, 6.07) is 9.31. The zero-order valence-corrected chi connectivity index (χ0v) is 13.5. The largest absolute Gasteiger partial charge is 0.437 e. The number of pyridine rings is 1. The zero-order chi connectivity index (χ0) is 14.4. The van der Waals surface area contributed by atoms with Crippen LogP contribution in [0.3, 0.4) is 0 Å². The van der Waals surface area contributed by atoms with Gasteiger partial charge >= 0.3 is 0 Å². The molecule has 1 N–H and O–H groups in total. The Bertz CT molecular complexity index is 560. The minimum Gasteiger partial charge on any atom is -0.437 e. The second kappa shape index (κ2) is 7.62. The van der Waals surface area contributed by atoms with Crippen LogP contribution in [0.1, 0.15) is 18.9 Å². The third kappa shape index (κ3) is 4.47. The molecule has 1 aromatic heterocycles. The van der Waals surface area contributed by atoms with E-state index < -0.39 is 0 Å². The Morgan fingerprint density at radius 2 is 2.15 bits per heavy atom. The third-order valence-electron chi connectivity index (χ3n) is 2.66. The van der Waals surface area contributed by atoms with E-state index in [9.17, 15) is 0 Å². The summed E-state index contributed by atoms with van der Waals surface area (Å²) >= 11 is 9.47. The second-order valence-corrected chi connectivity index (χ2v) is 5.68. The molecule has 1 heterocycles. The fraction of sp³-hybridized carbons (Fsp3) is 0.267. The molecule has 0 aliphatic rings. The highest BCUT2D eigenvalue weighted by molar-refractivity contribution is 9.10. The van der Waals surface area contributed by atoms with E-state index >= 15 is 0 Å². The van der Waals surface area contributed by atoms with E-state index in [0.29, 0.717) is 16.7 Å². The van der Waals surface area contributed by atoms with Crippen molar-refractivity contribution in [2.24, 2.45) is 0 Å². The first kappa shape index (κ1) is 15.3. The van der Waals surface area contributed by atoms with Gasteiger partial charge in [-0.1, -0.05) is 40.5 Å². The molecule has 0 unspecified atom stereocenters. The number of benzene rings is 1. The van der Waals surface area contributed by atoms with Crippen LogP contribution in [0, 0.1) is 0 Å². The van der Waals surface area contributed by atoms with Gasteiger partial charge in [0.1, 0.15) is 5.75 Å². The normalized spacial score (nSPS) is 10.6.